The van der Waals surface area contributed by atoms with Crippen LogP contribution in [-0.4, -0.2) is 21.0 Å². The third-order valence-corrected chi connectivity index (χ3v) is 4.65. The molecule has 5 nitrogen and oxygen atoms in total. The van der Waals surface area contributed by atoms with Gasteiger partial charge in [-0.1, -0.05) is 24.4 Å². The molecule has 1 aliphatic carbocycles. The highest BCUT2D eigenvalue weighted by Gasteiger charge is 2.20. The Hall–Kier alpha value is -1.11. The number of carbonyl (C=O) groups excluding carboxylic acids is 1. The maximum Gasteiger partial charge on any atom is 0.339 e. The molecule has 2 rings (SSSR count). The molecule has 1 saturated carbocycles. The maximum absolute atomic E-state index is 12.0. The number of esters is 1. The van der Waals surface area contributed by atoms with Crippen molar-refractivity contribution in [2.24, 2.45) is 11.1 Å². The van der Waals surface area contributed by atoms with Gasteiger partial charge in [-0.3, -0.25) is 0 Å². The number of ether oxygens (including phenoxy) is 1. The number of hydrogen-bond acceptors (Lipinski definition) is 4. The van der Waals surface area contributed by atoms with Gasteiger partial charge >= 0.3 is 5.97 Å². The Balaban J connectivity index is 2.12. The summed E-state index contributed by atoms with van der Waals surface area (Å²) >= 11 is 5.90. The van der Waals surface area contributed by atoms with E-state index in [4.69, 9.17) is 21.5 Å². The zero-order valence-corrected chi connectivity index (χ0v) is 12.4. The number of halogens is 1. The Bertz CT molecular complexity index is 609. The number of carbonyl (C=O) groups is 1. The van der Waals surface area contributed by atoms with E-state index in [-0.39, 0.29) is 15.5 Å². The van der Waals surface area contributed by atoms with Crippen LogP contribution >= 0.6 is 11.6 Å². The highest BCUT2D eigenvalue weighted by atomic mass is 35.5. The van der Waals surface area contributed by atoms with Gasteiger partial charge in [0.2, 0.25) is 10.0 Å². The molecule has 1 aliphatic rings. The number of hydrogen-bond donors (Lipinski definition) is 1. The first-order chi connectivity index (χ1) is 9.38. The predicted octanol–water partition coefficient (Wildman–Crippen LogP) is 2.33. The van der Waals surface area contributed by atoms with E-state index in [9.17, 15) is 13.2 Å². The summed E-state index contributed by atoms with van der Waals surface area (Å²) < 4.78 is 27.7. The molecule has 0 saturated heterocycles. The van der Waals surface area contributed by atoms with E-state index in [1.165, 1.54) is 12.1 Å². The molecule has 7 heteroatoms. The summed E-state index contributed by atoms with van der Waals surface area (Å²) in [5, 5.41) is 5.17. The maximum atomic E-state index is 12.0. The number of rotatable bonds is 4. The monoisotopic (exact) mass is 317 g/mol. The highest BCUT2D eigenvalue weighted by Crippen LogP contribution is 2.26. The summed E-state index contributed by atoms with van der Waals surface area (Å²) in [4.78, 5) is 11.8. The van der Waals surface area contributed by atoms with Gasteiger partial charge in [-0.2, -0.15) is 0 Å². The number of primary sulfonamides is 1. The van der Waals surface area contributed by atoms with Crippen molar-refractivity contribution in [3.8, 4) is 0 Å². The summed E-state index contributed by atoms with van der Waals surface area (Å²) in [6.07, 6.45) is 4.42. The lowest BCUT2D eigenvalue weighted by molar-refractivity contribution is 0.0442. The molecular formula is C13H16ClNO4S. The lowest BCUT2D eigenvalue weighted by atomic mass is 10.1. The lowest BCUT2D eigenvalue weighted by Crippen LogP contribution is -2.15. The van der Waals surface area contributed by atoms with Crippen molar-refractivity contribution in [3.05, 3.63) is 28.8 Å². The van der Waals surface area contributed by atoms with E-state index in [1.54, 1.807) is 0 Å². The predicted molar refractivity (Wildman–Crippen MR) is 75.1 cm³/mol. The summed E-state index contributed by atoms with van der Waals surface area (Å²) in [7, 11) is -3.87. The van der Waals surface area contributed by atoms with Crippen LogP contribution in [0.15, 0.2) is 23.1 Å². The van der Waals surface area contributed by atoms with Gasteiger partial charge in [0, 0.05) is 0 Å². The van der Waals surface area contributed by atoms with Gasteiger partial charge < -0.3 is 4.74 Å². The first-order valence-electron chi connectivity index (χ1n) is 6.37. The van der Waals surface area contributed by atoms with Crippen LogP contribution in [0.5, 0.6) is 0 Å². The summed E-state index contributed by atoms with van der Waals surface area (Å²) in [5.41, 5.74) is 0.0242. The summed E-state index contributed by atoms with van der Waals surface area (Å²) in [5.74, 6) is -0.230. The molecule has 1 fully saturated rings. The molecule has 0 bridgehead atoms. The largest absolute Gasteiger partial charge is 0.462 e. The minimum Gasteiger partial charge on any atom is -0.462 e. The zero-order chi connectivity index (χ0) is 14.8. The van der Waals surface area contributed by atoms with Gasteiger partial charge in [0.15, 0.2) is 0 Å². The topological polar surface area (TPSA) is 86.5 Å². The van der Waals surface area contributed by atoms with E-state index < -0.39 is 16.0 Å². The molecule has 0 spiro atoms. The van der Waals surface area contributed by atoms with Crippen LogP contribution in [0.3, 0.4) is 0 Å². The standard InChI is InChI=1S/C13H16ClNO4S/c14-12-6-5-10(20(15,17)18)7-11(12)13(16)19-8-9-3-1-2-4-9/h5-7,9H,1-4,8H2,(H2,15,17,18). The molecule has 0 aliphatic heterocycles. The van der Waals surface area contributed by atoms with Crippen LogP contribution in [-0.2, 0) is 14.8 Å². The molecule has 20 heavy (non-hydrogen) atoms. The van der Waals surface area contributed by atoms with Crippen molar-refractivity contribution >= 4 is 27.6 Å². The zero-order valence-electron chi connectivity index (χ0n) is 10.8. The normalized spacial score (nSPS) is 16.3. The molecule has 1 aromatic rings. The second-order valence-corrected chi connectivity index (χ2v) is 6.90. The SMILES string of the molecule is NS(=O)(=O)c1ccc(Cl)c(C(=O)OCC2CCCC2)c1. The van der Waals surface area contributed by atoms with E-state index in [0.29, 0.717) is 12.5 Å². The smallest absolute Gasteiger partial charge is 0.339 e. The second kappa shape index (κ2) is 6.11. The second-order valence-electron chi connectivity index (χ2n) is 4.94. The van der Waals surface area contributed by atoms with Gasteiger partial charge in [0.25, 0.3) is 0 Å². The first-order valence-corrected chi connectivity index (χ1v) is 8.30. The van der Waals surface area contributed by atoms with Crippen LogP contribution in [0.1, 0.15) is 36.0 Å². The summed E-state index contributed by atoms with van der Waals surface area (Å²) in [6.45, 7) is 0.342. The Morgan fingerprint density at radius 2 is 2.00 bits per heavy atom. The quantitative estimate of drug-likeness (QED) is 0.863. The highest BCUT2D eigenvalue weighted by molar-refractivity contribution is 7.89. The van der Waals surface area contributed by atoms with E-state index in [2.05, 4.69) is 0 Å². The molecule has 110 valence electrons. The van der Waals surface area contributed by atoms with Gasteiger partial charge in [-0.05, 0) is 37.0 Å². The van der Waals surface area contributed by atoms with Crippen LogP contribution in [0, 0.1) is 5.92 Å². The summed E-state index contributed by atoms with van der Waals surface area (Å²) in [6, 6.07) is 3.73. The Morgan fingerprint density at radius 3 is 2.60 bits per heavy atom. The molecule has 0 aromatic heterocycles. The van der Waals surface area contributed by atoms with Crippen molar-refractivity contribution in [1.29, 1.82) is 0 Å². The average Bonchev–Trinajstić information content (AvgIpc) is 2.88. The van der Waals surface area contributed by atoms with Gasteiger partial charge in [-0.25, -0.2) is 18.4 Å². The number of nitrogens with two attached hydrogens (primary N) is 1. The molecule has 0 amide bonds. The van der Waals surface area contributed by atoms with Crippen molar-refractivity contribution in [2.45, 2.75) is 30.6 Å². The fourth-order valence-electron chi connectivity index (χ4n) is 2.29. The number of benzene rings is 1. The molecule has 1 aromatic carbocycles. The van der Waals surface area contributed by atoms with Crippen molar-refractivity contribution in [2.75, 3.05) is 6.61 Å². The van der Waals surface area contributed by atoms with Crippen molar-refractivity contribution < 1.29 is 17.9 Å². The molecule has 0 heterocycles. The molecular weight excluding hydrogens is 302 g/mol. The fraction of sp³-hybridized carbons (Fsp3) is 0.462. The van der Waals surface area contributed by atoms with E-state index in [0.717, 1.165) is 31.7 Å². The minimum atomic E-state index is -3.87. The van der Waals surface area contributed by atoms with E-state index in [1.807, 2.05) is 0 Å². The Labute approximate surface area is 123 Å². The fourth-order valence-corrected chi connectivity index (χ4v) is 3.02. The third kappa shape index (κ3) is 3.71. The molecule has 0 unspecified atom stereocenters. The first kappa shape index (κ1) is 15.3. The van der Waals surface area contributed by atoms with Crippen LogP contribution < -0.4 is 5.14 Å². The van der Waals surface area contributed by atoms with Crippen molar-refractivity contribution in [1.82, 2.24) is 0 Å². The molecule has 0 atom stereocenters. The minimum absolute atomic E-state index is 0.0242. The van der Waals surface area contributed by atoms with Crippen LogP contribution in [0.2, 0.25) is 5.02 Å². The lowest BCUT2D eigenvalue weighted by Gasteiger charge is -2.11. The Morgan fingerprint density at radius 1 is 1.35 bits per heavy atom. The van der Waals surface area contributed by atoms with Gasteiger partial charge in [0.1, 0.15) is 0 Å². The Kier molecular flexibility index (Phi) is 4.67. The van der Waals surface area contributed by atoms with Crippen LogP contribution in [0.4, 0.5) is 0 Å². The van der Waals surface area contributed by atoms with Crippen molar-refractivity contribution in [3.63, 3.8) is 0 Å². The molecule has 0 radical (unpaired) electrons. The molecule has 2 N–H and O–H groups in total. The van der Waals surface area contributed by atoms with E-state index >= 15 is 0 Å². The average molecular weight is 318 g/mol. The van der Waals surface area contributed by atoms with Gasteiger partial charge in [-0.15, -0.1) is 0 Å². The van der Waals surface area contributed by atoms with Gasteiger partial charge in [0.05, 0.1) is 22.1 Å². The van der Waals surface area contributed by atoms with Crippen LogP contribution in [0.25, 0.3) is 0 Å². The third-order valence-electron chi connectivity index (χ3n) is 3.41. The number of sulfonamides is 1.